The van der Waals surface area contributed by atoms with Crippen molar-refractivity contribution in [2.75, 3.05) is 20.1 Å². The normalized spacial score (nSPS) is 18.2. The number of amides is 1. The number of rotatable bonds is 3. The van der Waals surface area contributed by atoms with Gasteiger partial charge in [-0.15, -0.1) is 0 Å². The molecular formula is C15H20BrN3OS. The lowest BCUT2D eigenvalue weighted by Gasteiger charge is -2.40. The maximum Gasteiger partial charge on any atom is 0.252 e. The summed E-state index contributed by atoms with van der Waals surface area (Å²) < 4.78 is 0.958. The van der Waals surface area contributed by atoms with E-state index in [4.69, 9.17) is 18.0 Å². The van der Waals surface area contributed by atoms with Crippen LogP contribution in [0.5, 0.6) is 0 Å². The molecule has 2 rings (SSSR count). The Morgan fingerprint density at radius 2 is 2.05 bits per heavy atom. The summed E-state index contributed by atoms with van der Waals surface area (Å²) in [6.07, 6.45) is 1.50. The van der Waals surface area contributed by atoms with Gasteiger partial charge in [-0.2, -0.15) is 0 Å². The van der Waals surface area contributed by atoms with E-state index in [9.17, 15) is 4.79 Å². The molecule has 21 heavy (non-hydrogen) atoms. The number of hydrogen-bond acceptors (Lipinski definition) is 3. The summed E-state index contributed by atoms with van der Waals surface area (Å²) in [5.74, 6) is -0.114. The van der Waals surface area contributed by atoms with Gasteiger partial charge in [0.05, 0.1) is 10.5 Å². The maximum absolute atomic E-state index is 12.6. The molecule has 1 heterocycles. The summed E-state index contributed by atoms with van der Waals surface area (Å²) in [5.41, 5.74) is 6.94. The SMILES string of the molecule is Cc1cc(Br)ccc1C(=O)NC1(C(N)=S)CCN(C)CC1. The minimum Gasteiger partial charge on any atom is -0.391 e. The first-order valence-electron chi connectivity index (χ1n) is 6.91. The first-order chi connectivity index (χ1) is 9.84. The molecule has 0 aromatic heterocycles. The van der Waals surface area contributed by atoms with Crippen molar-refractivity contribution < 1.29 is 4.79 Å². The number of piperidine rings is 1. The smallest absolute Gasteiger partial charge is 0.252 e. The Labute approximate surface area is 139 Å². The van der Waals surface area contributed by atoms with E-state index < -0.39 is 5.54 Å². The first kappa shape index (κ1) is 16.4. The van der Waals surface area contributed by atoms with Gasteiger partial charge in [0.1, 0.15) is 0 Å². The zero-order valence-electron chi connectivity index (χ0n) is 12.3. The van der Waals surface area contributed by atoms with Crippen LogP contribution in [0.4, 0.5) is 0 Å². The molecule has 1 saturated heterocycles. The minimum absolute atomic E-state index is 0.114. The quantitative estimate of drug-likeness (QED) is 0.802. The lowest BCUT2D eigenvalue weighted by atomic mass is 9.87. The molecule has 0 unspecified atom stereocenters. The highest BCUT2D eigenvalue weighted by atomic mass is 79.9. The van der Waals surface area contributed by atoms with Gasteiger partial charge in [0.2, 0.25) is 0 Å². The number of nitrogens with two attached hydrogens (primary N) is 1. The molecule has 0 saturated carbocycles. The number of nitrogens with zero attached hydrogens (tertiary/aromatic N) is 1. The van der Waals surface area contributed by atoms with Gasteiger partial charge in [-0.3, -0.25) is 4.79 Å². The second-order valence-electron chi connectivity index (χ2n) is 5.66. The summed E-state index contributed by atoms with van der Waals surface area (Å²) in [6.45, 7) is 3.66. The van der Waals surface area contributed by atoms with Crippen LogP contribution in [0.25, 0.3) is 0 Å². The van der Waals surface area contributed by atoms with Crippen LogP contribution >= 0.6 is 28.1 Å². The summed E-state index contributed by atoms with van der Waals surface area (Å²) in [4.78, 5) is 15.2. The van der Waals surface area contributed by atoms with Crippen LogP contribution in [0.15, 0.2) is 22.7 Å². The highest BCUT2D eigenvalue weighted by Crippen LogP contribution is 2.24. The van der Waals surface area contributed by atoms with Crippen molar-refractivity contribution >= 4 is 39.0 Å². The molecule has 3 N–H and O–H groups in total. The number of carbonyl (C=O) groups is 1. The predicted molar refractivity (Wildman–Crippen MR) is 92.6 cm³/mol. The van der Waals surface area contributed by atoms with Crippen LogP contribution in [0, 0.1) is 6.92 Å². The van der Waals surface area contributed by atoms with Gasteiger partial charge in [0.15, 0.2) is 0 Å². The van der Waals surface area contributed by atoms with Crippen molar-refractivity contribution in [3.8, 4) is 0 Å². The fourth-order valence-corrected chi connectivity index (χ4v) is 3.33. The Kier molecular flexibility index (Phi) is 5.01. The van der Waals surface area contributed by atoms with Crippen LogP contribution in [-0.2, 0) is 0 Å². The van der Waals surface area contributed by atoms with Crippen LogP contribution in [0.2, 0.25) is 0 Å². The molecule has 114 valence electrons. The molecule has 1 aromatic rings. The van der Waals surface area contributed by atoms with E-state index >= 15 is 0 Å². The summed E-state index contributed by atoms with van der Waals surface area (Å²) in [6, 6.07) is 5.61. The molecule has 1 aromatic carbocycles. The Hall–Kier alpha value is -0.980. The van der Waals surface area contributed by atoms with Crippen molar-refractivity contribution in [2.45, 2.75) is 25.3 Å². The molecular weight excluding hydrogens is 350 g/mol. The molecule has 1 aliphatic rings. The zero-order valence-corrected chi connectivity index (χ0v) is 14.7. The molecule has 0 radical (unpaired) electrons. The summed E-state index contributed by atoms with van der Waals surface area (Å²) in [7, 11) is 2.06. The summed E-state index contributed by atoms with van der Waals surface area (Å²) in [5, 5.41) is 3.08. The number of nitrogens with one attached hydrogen (secondary N) is 1. The van der Waals surface area contributed by atoms with Crippen molar-refractivity contribution in [3.63, 3.8) is 0 Å². The van der Waals surface area contributed by atoms with E-state index in [1.807, 2.05) is 25.1 Å². The standard InChI is InChI=1S/C15H20BrN3OS/c1-10-9-11(16)3-4-12(10)13(20)18-15(14(17)21)5-7-19(2)8-6-15/h3-4,9H,5-8H2,1-2H3,(H2,17,21)(H,18,20). The number of carbonyl (C=O) groups excluding carboxylic acids is 1. The fraction of sp³-hybridized carbons (Fsp3) is 0.467. The third-order valence-corrected chi connectivity index (χ3v) is 4.98. The third-order valence-electron chi connectivity index (χ3n) is 4.10. The second kappa shape index (κ2) is 6.42. The molecule has 0 spiro atoms. The van der Waals surface area contributed by atoms with Crippen LogP contribution < -0.4 is 11.1 Å². The van der Waals surface area contributed by atoms with E-state index in [0.717, 1.165) is 36.0 Å². The number of benzene rings is 1. The number of thiocarbonyl (C=S) groups is 1. The van der Waals surface area contributed by atoms with Gasteiger partial charge in [-0.05, 0) is 50.6 Å². The highest BCUT2D eigenvalue weighted by Gasteiger charge is 2.38. The second-order valence-corrected chi connectivity index (χ2v) is 7.02. The number of halogens is 1. The lowest BCUT2D eigenvalue weighted by molar-refractivity contribution is 0.0889. The molecule has 0 aliphatic carbocycles. The maximum atomic E-state index is 12.6. The molecule has 0 atom stereocenters. The topological polar surface area (TPSA) is 58.4 Å². The molecule has 1 amide bonds. The Morgan fingerprint density at radius 1 is 1.43 bits per heavy atom. The third kappa shape index (κ3) is 3.62. The number of hydrogen-bond donors (Lipinski definition) is 2. The first-order valence-corrected chi connectivity index (χ1v) is 8.11. The molecule has 6 heteroatoms. The average Bonchev–Trinajstić information content (AvgIpc) is 2.41. The van der Waals surface area contributed by atoms with Gasteiger partial charge in [-0.1, -0.05) is 28.1 Å². The van der Waals surface area contributed by atoms with Crippen molar-refractivity contribution in [1.82, 2.24) is 10.2 Å². The average molecular weight is 370 g/mol. The van der Waals surface area contributed by atoms with Gasteiger partial charge in [0, 0.05) is 23.1 Å². The van der Waals surface area contributed by atoms with Crippen LogP contribution in [0.1, 0.15) is 28.8 Å². The van der Waals surface area contributed by atoms with Gasteiger partial charge in [0.25, 0.3) is 5.91 Å². The van der Waals surface area contributed by atoms with E-state index in [2.05, 4.69) is 33.2 Å². The molecule has 0 bridgehead atoms. The van der Waals surface area contributed by atoms with Crippen LogP contribution in [0.3, 0.4) is 0 Å². The fourth-order valence-electron chi connectivity index (χ4n) is 2.60. The van der Waals surface area contributed by atoms with E-state index in [1.54, 1.807) is 0 Å². The van der Waals surface area contributed by atoms with Gasteiger partial charge < -0.3 is 16.0 Å². The number of likely N-dealkylation sites (tertiary alicyclic amines) is 1. The molecule has 1 aliphatic heterocycles. The number of aryl methyl sites for hydroxylation is 1. The Morgan fingerprint density at radius 3 is 2.57 bits per heavy atom. The van der Waals surface area contributed by atoms with Gasteiger partial charge in [-0.25, -0.2) is 0 Å². The van der Waals surface area contributed by atoms with Crippen molar-refractivity contribution in [2.24, 2.45) is 5.73 Å². The lowest BCUT2D eigenvalue weighted by Crippen LogP contribution is -2.61. The highest BCUT2D eigenvalue weighted by molar-refractivity contribution is 9.10. The molecule has 1 fully saturated rings. The monoisotopic (exact) mass is 369 g/mol. The van der Waals surface area contributed by atoms with Crippen molar-refractivity contribution in [3.05, 3.63) is 33.8 Å². The van der Waals surface area contributed by atoms with Gasteiger partial charge >= 0.3 is 0 Å². The van der Waals surface area contributed by atoms with E-state index in [1.165, 1.54) is 0 Å². The van der Waals surface area contributed by atoms with E-state index in [-0.39, 0.29) is 5.91 Å². The summed E-state index contributed by atoms with van der Waals surface area (Å²) >= 11 is 8.63. The van der Waals surface area contributed by atoms with E-state index in [0.29, 0.717) is 10.6 Å². The Balaban J connectivity index is 2.21. The minimum atomic E-state index is -0.571. The predicted octanol–water partition coefficient (Wildman–Crippen LogP) is 2.24. The Bertz CT molecular complexity index is 568. The largest absolute Gasteiger partial charge is 0.391 e. The zero-order chi connectivity index (χ0) is 15.6. The van der Waals surface area contributed by atoms with Crippen LogP contribution in [-0.4, -0.2) is 41.5 Å². The van der Waals surface area contributed by atoms with Crippen molar-refractivity contribution in [1.29, 1.82) is 0 Å². The molecule has 4 nitrogen and oxygen atoms in total.